The number of likely N-dealkylation sites (tertiary alicyclic amines) is 1. The van der Waals surface area contributed by atoms with Crippen LogP contribution in [0.15, 0.2) is 35.4 Å². The van der Waals surface area contributed by atoms with Crippen LogP contribution >= 0.6 is 0 Å². The molecule has 1 aromatic carbocycles. The summed E-state index contributed by atoms with van der Waals surface area (Å²) < 4.78 is 54.4. The summed E-state index contributed by atoms with van der Waals surface area (Å²) in [6.45, 7) is 7.97. The summed E-state index contributed by atoms with van der Waals surface area (Å²) in [6, 6.07) is 4.89. The number of aryl methyl sites for hydroxylation is 1. The number of piperidine rings is 1. The largest absolute Gasteiger partial charge is 0.364 e. The molecule has 2 atom stereocenters. The monoisotopic (exact) mass is 546 g/mol. The summed E-state index contributed by atoms with van der Waals surface area (Å²) in [5.41, 5.74) is 5.44. The molecule has 1 aromatic heterocycles. The molecule has 3 aliphatic rings. The van der Waals surface area contributed by atoms with Crippen LogP contribution < -0.4 is 4.31 Å². The Kier molecular flexibility index (Phi) is 7.06. The molecule has 0 saturated carbocycles. The molecule has 8 nitrogen and oxygen atoms in total. The first-order valence-electron chi connectivity index (χ1n) is 13.2. The van der Waals surface area contributed by atoms with E-state index in [0.29, 0.717) is 30.7 Å². The van der Waals surface area contributed by atoms with Gasteiger partial charge >= 0.3 is 10.2 Å². The van der Waals surface area contributed by atoms with Crippen molar-refractivity contribution in [1.82, 2.24) is 14.2 Å². The Balaban J connectivity index is 1.34. The predicted octanol–water partition coefficient (Wildman–Crippen LogP) is 3.92. The lowest BCUT2D eigenvalue weighted by atomic mass is 9.84. The second kappa shape index (κ2) is 9.87. The minimum absolute atomic E-state index is 0.173. The maximum Gasteiger partial charge on any atom is 0.304 e. The van der Waals surface area contributed by atoms with E-state index in [2.05, 4.69) is 35.2 Å². The molecular weight excluding hydrogens is 508 g/mol. The molecule has 1 fully saturated rings. The molecule has 1 saturated heterocycles. The van der Waals surface area contributed by atoms with Crippen molar-refractivity contribution in [2.45, 2.75) is 75.9 Å². The van der Waals surface area contributed by atoms with Crippen molar-refractivity contribution in [2.75, 3.05) is 30.2 Å². The second-order valence-corrected chi connectivity index (χ2v) is 14.8. The number of rotatable bonds is 6. The Morgan fingerprint density at radius 2 is 1.97 bits per heavy atom. The van der Waals surface area contributed by atoms with E-state index >= 15 is 0 Å². The fourth-order valence-electron chi connectivity index (χ4n) is 6.07. The maximum atomic E-state index is 13.6. The minimum atomic E-state index is -3.72. The van der Waals surface area contributed by atoms with Crippen molar-refractivity contribution < 1.29 is 16.8 Å². The van der Waals surface area contributed by atoms with Crippen LogP contribution in [0.5, 0.6) is 0 Å². The number of hydrogen-bond donors (Lipinski definition) is 1. The van der Waals surface area contributed by atoms with Crippen molar-refractivity contribution in [3.05, 3.63) is 52.9 Å². The van der Waals surface area contributed by atoms with Gasteiger partial charge in [-0.15, -0.1) is 0 Å². The van der Waals surface area contributed by atoms with Crippen LogP contribution in [0.25, 0.3) is 6.08 Å². The zero-order valence-electron chi connectivity index (χ0n) is 22.1. The molecule has 0 bridgehead atoms. The number of sulfone groups is 1. The first-order chi connectivity index (χ1) is 17.5. The summed E-state index contributed by atoms with van der Waals surface area (Å²) in [4.78, 5) is 6.09. The topological polar surface area (TPSA) is 93.8 Å². The smallest absolute Gasteiger partial charge is 0.304 e. The number of hydrogen-bond acceptors (Lipinski definition) is 5. The van der Waals surface area contributed by atoms with Gasteiger partial charge in [-0.2, -0.15) is 12.7 Å². The van der Waals surface area contributed by atoms with E-state index in [1.54, 1.807) is 12.1 Å². The number of H-pyrrole nitrogens is 1. The number of nitrogens with zero attached hydrogens (tertiary/aromatic N) is 3. The highest BCUT2D eigenvalue weighted by atomic mass is 32.2. The van der Waals surface area contributed by atoms with Crippen LogP contribution in [-0.2, 0) is 33.0 Å². The number of anilines is 1. The van der Waals surface area contributed by atoms with Gasteiger partial charge in [-0.05, 0) is 93.8 Å². The Labute approximate surface area is 221 Å². The van der Waals surface area contributed by atoms with E-state index in [4.69, 9.17) is 0 Å². The van der Waals surface area contributed by atoms with Gasteiger partial charge in [0.1, 0.15) is 0 Å². The highest BCUT2D eigenvalue weighted by molar-refractivity contribution is 7.91. The van der Waals surface area contributed by atoms with Gasteiger partial charge in [-0.3, -0.25) is 9.21 Å². The van der Waals surface area contributed by atoms with Gasteiger partial charge in [0.2, 0.25) is 0 Å². The van der Waals surface area contributed by atoms with Crippen molar-refractivity contribution in [3.63, 3.8) is 0 Å². The van der Waals surface area contributed by atoms with Gasteiger partial charge in [-0.1, -0.05) is 12.2 Å². The normalized spacial score (nSPS) is 24.3. The third-order valence-corrected chi connectivity index (χ3v) is 11.3. The Morgan fingerprint density at radius 1 is 1.19 bits per heavy atom. The molecule has 1 N–H and O–H groups in total. The molecule has 0 radical (unpaired) electrons. The van der Waals surface area contributed by atoms with Crippen LogP contribution in [-0.4, -0.2) is 69.0 Å². The van der Waals surface area contributed by atoms with Crippen LogP contribution in [0.3, 0.4) is 0 Å². The number of nitrogens with one attached hydrogen (secondary N) is 1. The highest BCUT2D eigenvalue weighted by Gasteiger charge is 2.39. The molecule has 1 aliphatic carbocycles. The summed E-state index contributed by atoms with van der Waals surface area (Å²) in [5.74, 6) is 0.499. The van der Waals surface area contributed by atoms with E-state index in [1.165, 1.54) is 37.8 Å². The Morgan fingerprint density at radius 3 is 2.68 bits per heavy atom. The molecule has 10 heteroatoms. The Bertz CT molecular complexity index is 1410. The van der Waals surface area contributed by atoms with Crippen molar-refractivity contribution in [3.8, 4) is 0 Å². The lowest BCUT2D eigenvalue weighted by Gasteiger charge is -2.42. The molecule has 37 heavy (non-hydrogen) atoms. The highest BCUT2D eigenvalue weighted by Crippen LogP contribution is 2.38. The van der Waals surface area contributed by atoms with E-state index in [-0.39, 0.29) is 17.5 Å². The zero-order valence-corrected chi connectivity index (χ0v) is 23.8. The molecule has 202 valence electrons. The average molecular weight is 547 g/mol. The molecule has 0 unspecified atom stereocenters. The van der Waals surface area contributed by atoms with Gasteiger partial charge in [0.25, 0.3) is 0 Å². The Hall–Kier alpha value is -2.14. The summed E-state index contributed by atoms with van der Waals surface area (Å²) in [5, 5.41) is 0. The van der Waals surface area contributed by atoms with Crippen molar-refractivity contribution in [1.29, 1.82) is 0 Å². The summed E-state index contributed by atoms with van der Waals surface area (Å²) >= 11 is 0. The van der Waals surface area contributed by atoms with Gasteiger partial charge in [0.05, 0.1) is 10.6 Å². The summed E-state index contributed by atoms with van der Waals surface area (Å²) in [7, 11) is -7.11. The van der Waals surface area contributed by atoms with Crippen molar-refractivity contribution in [2.24, 2.45) is 0 Å². The standard InChI is InChI=1S/C27H38N4O4S2/c1-19(2)31-18-22-16-23(36(4,32)33)9-10-27(22)30(37(31,34)35)14-13-29-12-11-21(15-20(29)3)25-17-28-26-8-6-5-7-24(25)26/h5,7,9-10,16-17,19-21,28H,6,8,11-15,18H2,1-4H3/t20-,21+/m1/s1. The number of benzene rings is 1. The van der Waals surface area contributed by atoms with Crippen LogP contribution in [0.4, 0.5) is 5.69 Å². The van der Waals surface area contributed by atoms with Gasteiger partial charge < -0.3 is 4.98 Å². The van der Waals surface area contributed by atoms with Gasteiger partial charge in [0.15, 0.2) is 9.84 Å². The lowest BCUT2D eigenvalue weighted by molar-refractivity contribution is 0.151. The fraction of sp³-hybridized carbons (Fsp3) is 0.556. The quantitative estimate of drug-likeness (QED) is 0.593. The van der Waals surface area contributed by atoms with Crippen LogP contribution in [0.1, 0.15) is 68.3 Å². The molecule has 5 rings (SSSR count). The first kappa shape index (κ1) is 26.5. The molecule has 2 aromatic rings. The number of aromatic amines is 1. The average Bonchev–Trinajstić information content (AvgIpc) is 3.27. The molecule has 0 spiro atoms. The fourth-order valence-corrected chi connectivity index (χ4v) is 8.57. The molecule has 2 aliphatic heterocycles. The van der Waals surface area contributed by atoms with Crippen LogP contribution in [0.2, 0.25) is 0 Å². The maximum absolute atomic E-state index is 13.6. The predicted molar refractivity (Wildman–Crippen MR) is 148 cm³/mol. The first-order valence-corrected chi connectivity index (χ1v) is 16.5. The zero-order chi connectivity index (χ0) is 26.5. The number of aromatic nitrogens is 1. The molecule has 3 heterocycles. The van der Waals surface area contributed by atoms with E-state index in [1.807, 2.05) is 13.8 Å². The van der Waals surface area contributed by atoms with Crippen LogP contribution in [0, 0.1) is 0 Å². The molecular formula is C27H38N4O4S2. The van der Waals surface area contributed by atoms with E-state index in [0.717, 1.165) is 37.8 Å². The van der Waals surface area contributed by atoms with E-state index in [9.17, 15) is 16.8 Å². The van der Waals surface area contributed by atoms with Gasteiger partial charge in [-0.25, -0.2) is 8.42 Å². The number of fused-ring (bicyclic) bond motifs is 2. The third kappa shape index (κ3) is 5.01. The SMILES string of the molecule is CC(C)N1Cc2cc(S(C)(=O)=O)ccc2N(CCN2CC[C@H](c3c[nH]c4c3C=CCC4)C[C@H]2C)S1(=O)=O. The third-order valence-electron chi connectivity index (χ3n) is 8.15. The van der Waals surface area contributed by atoms with Gasteiger partial charge in [0, 0.05) is 49.9 Å². The number of allylic oxidation sites excluding steroid dienone is 1. The molecule has 0 amide bonds. The van der Waals surface area contributed by atoms with Crippen molar-refractivity contribution >= 4 is 31.8 Å². The minimum Gasteiger partial charge on any atom is -0.364 e. The summed E-state index contributed by atoms with van der Waals surface area (Å²) in [6.07, 6.45) is 12.1. The lowest BCUT2D eigenvalue weighted by Crippen LogP contribution is -2.53. The second-order valence-electron chi connectivity index (χ2n) is 11.0. The van der Waals surface area contributed by atoms with E-state index < -0.39 is 20.0 Å².